The Kier molecular flexibility index (Phi) is 2.92. The van der Waals surface area contributed by atoms with E-state index < -0.39 is 0 Å². The minimum absolute atomic E-state index is 0.0608. The SMILES string of the molecule is CC1COC(N)=C(C#N)C1c1ccc(O)cc1. The molecule has 2 rings (SSSR count). The lowest BCUT2D eigenvalue weighted by molar-refractivity contribution is 0.137. The highest BCUT2D eigenvalue weighted by atomic mass is 16.5. The van der Waals surface area contributed by atoms with Gasteiger partial charge in [-0.1, -0.05) is 19.1 Å². The Morgan fingerprint density at radius 2 is 2.06 bits per heavy atom. The zero-order valence-corrected chi connectivity index (χ0v) is 9.55. The average Bonchev–Trinajstić information content (AvgIpc) is 2.33. The molecule has 0 aliphatic carbocycles. The summed E-state index contributed by atoms with van der Waals surface area (Å²) in [5.74, 6) is 0.545. The van der Waals surface area contributed by atoms with Crippen LogP contribution in [0.5, 0.6) is 5.75 Å². The molecule has 17 heavy (non-hydrogen) atoms. The molecule has 88 valence electrons. The Hall–Kier alpha value is -2.15. The quantitative estimate of drug-likeness (QED) is 0.771. The van der Waals surface area contributed by atoms with Crippen molar-refractivity contribution in [3.63, 3.8) is 0 Å². The molecule has 0 saturated carbocycles. The summed E-state index contributed by atoms with van der Waals surface area (Å²) in [5, 5.41) is 18.4. The number of rotatable bonds is 1. The molecule has 0 radical (unpaired) electrons. The topological polar surface area (TPSA) is 79.3 Å². The number of allylic oxidation sites excluding steroid dienone is 1. The van der Waals surface area contributed by atoms with Gasteiger partial charge in [-0.05, 0) is 17.7 Å². The summed E-state index contributed by atoms with van der Waals surface area (Å²) in [5.41, 5.74) is 7.13. The lowest BCUT2D eigenvalue weighted by Crippen LogP contribution is -2.27. The van der Waals surface area contributed by atoms with Crippen LogP contribution in [-0.2, 0) is 4.74 Å². The maximum atomic E-state index is 9.27. The minimum atomic E-state index is -0.0608. The Balaban J connectivity index is 2.44. The van der Waals surface area contributed by atoms with E-state index in [4.69, 9.17) is 15.7 Å². The normalized spacial score (nSPS) is 24.0. The second kappa shape index (κ2) is 4.38. The highest BCUT2D eigenvalue weighted by Crippen LogP contribution is 2.36. The highest BCUT2D eigenvalue weighted by molar-refractivity contribution is 5.41. The third-order valence-electron chi connectivity index (χ3n) is 3.02. The molecule has 1 aromatic carbocycles. The smallest absolute Gasteiger partial charge is 0.198 e. The predicted molar refractivity (Wildman–Crippen MR) is 62.8 cm³/mol. The Bertz CT molecular complexity index is 485. The molecule has 1 aliphatic heterocycles. The van der Waals surface area contributed by atoms with Crippen LogP contribution in [0.15, 0.2) is 35.7 Å². The molecule has 2 atom stereocenters. The van der Waals surface area contributed by atoms with Gasteiger partial charge in [0.05, 0.1) is 12.2 Å². The van der Waals surface area contributed by atoms with Crippen LogP contribution in [0.1, 0.15) is 18.4 Å². The molecule has 0 saturated heterocycles. The van der Waals surface area contributed by atoms with Gasteiger partial charge in [0, 0.05) is 11.8 Å². The number of nitrogens with two attached hydrogens (primary N) is 1. The molecule has 1 heterocycles. The summed E-state index contributed by atoms with van der Waals surface area (Å²) in [7, 11) is 0. The predicted octanol–water partition coefficient (Wildman–Crippen LogP) is 1.84. The van der Waals surface area contributed by atoms with Gasteiger partial charge in [-0.15, -0.1) is 0 Å². The van der Waals surface area contributed by atoms with Gasteiger partial charge in [-0.3, -0.25) is 0 Å². The number of hydrogen-bond donors (Lipinski definition) is 2. The lowest BCUT2D eigenvalue weighted by atomic mass is 9.81. The van der Waals surface area contributed by atoms with Crippen molar-refractivity contribution in [1.82, 2.24) is 0 Å². The number of benzene rings is 1. The molecular formula is C13H14N2O2. The fraction of sp³-hybridized carbons (Fsp3) is 0.308. The van der Waals surface area contributed by atoms with Gasteiger partial charge in [0.2, 0.25) is 0 Å². The van der Waals surface area contributed by atoms with Crippen molar-refractivity contribution >= 4 is 0 Å². The van der Waals surface area contributed by atoms with Gasteiger partial charge in [0.15, 0.2) is 5.88 Å². The van der Waals surface area contributed by atoms with E-state index >= 15 is 0 Å². The molecule has 0 aromatic heterocycles. The van der Waals surface area contributed by atoms with E-state index in [9.17, 15) is 5.11 Å². The Labute approximate surface area is 99.9 Å². The van der Waals surface area contributed by atoms with Crippen molar-refractivity contribution < 1.29 is 9.84 Å². The van der Waals surface area contributed by atoms with E-state index in [1.165, 1.54) is 0 Å². The van der Waals surface area contributed by atoms with Crippen molar-refractivity contribution in [2.45, 2.75) is 12.8 Å². The minimum Gasteiger partial charge on any atom is -0.508 e. The van der Waals surface area contributed by atoms with Gasteiger partial charge < -0.3 is 15.6 Å². The Morgan fingerprint density at radius 1 is 1.41 bits per heavy atom. The van der Waals surface area contributed by atoms with Crippen LogP contribution in [0.4, 0.5) is 0 Å². The van der Waals surface area contributed by atoms with Crippen LogP contribution in [-0.4, -0.2) is 11.7 Å². The molecule has 1 aliphatic rings. The monoisotopic (exact) mass is 230 g/mol. The fourth-order valence-electron chi connectivity index (χ4n) is 2.13. The van der Waals surface area contributed by atoms with Crippen LogP contribution < -0.4 is 5.73 Å². The van der Waals surface area contributed by atoms with Gasteiger partial charge in [0.25, 0.3) is 0 Å². The standard InChI is InChI=1S/C13H14N2O2/c1-8-7-17-13(15)11(6-14)12(8)9-2-4-10(16)5-3-9/h2-5,8,12,16H,7,15H2,1H3. The molecule has 4 nitrogen and oxygen atoms in total. The number of hydrogen-bond acceptors (Lipinski definition) is 4. The van der Waals surface area contributed by atoms with Crippen molar-refractivity contribution in [1.29, 1.82) is 5.26 Å². The molecule has 1 aromatic rings. The van der Waals surface area contributed by atoms with Crippen LogP contribution in [0, 0.1) is 17.2 Å². The van der Waals surface area contributed by atoms with E-state index in [2.05, 4.69) is 6.07 Å². The van der Waals surface area contributed by atoms with Crippen LogP contribution >= 0.6 is 0 Å². The number of nitrogens with zero attached hydrogens (tertiary/aromatic N) is 1. The molecule has 4 heteroatoms. The molecular weight excluding hydrogens is 216 g/mol. The fourth-order valence-corrected chi connectivity index (χ4v) is 2.13. The third kappa shape index (κ3) is 2.04. The van der Waals surface area contributed by atoms with Crippen molar-refractivity contribution in [2.24, 2.45) is 11.7 Å². The zero-order chi connectivity index (χ0) is 12.4. The molecule has 2 unspecified atom stereocenters. The van der Waals surface area contributed by atoms with E-state index in [1.54, 1.807) is 12.1 Å². The van der Waals surface area contributed by atoms with Crippen molar-refractivity contribution in [3.8, 4) is 11.8 Å². The van der Waals surface area contributed by atoms with Gasteiger partial charge in [-0.2, -0.15) is 5.26 Å². The van der Waals surface area contributed by atoms with E-state index in [-0.39, 0.29) is 23.5 Å². The maximum Gasteiger partial charge on any atom is 0.198 e. The highest BCUT2D eigenvalue weighted by Gasteiger charge is 2.30. The Morgan fingerprint density at radius 3 is 2.65 bits per heavy atom. The zero-order valence-electron chi connectivity index (χ0n) is 9.55. The lowest BCUT2D eigenvalue weighted by Gasteiger charge is -2.29. The summed E-state index contributed by atoms with van der Waals surface area (Å²) in [4.78, 5) is 0. The number of nitriles is 1. The molecule has 0 fully saturated rings. The summed E-state index contributed by atoms with van der Waals surface area (Å²) in [6.45, 7) is 2.52. The van der Waals surface area contributed by atoms with E-state index in [0.717, 1.165) is 5.56 Å². The van der Waals surface area contributed by atoms with Crippen molar-refractivity contribution in [2.75, 3.05) is 6.61 Å². The number of ether oxygens (including phenoxy) is 1. The van der Waals surface area contributed by atoms with Gasteiger partial charge in [0.1, 0.15) is 11.8 Å². The van der Waals surface area contributed by atoms with E-state index in [1.807, 2.05) is 19.1 Å². The molecule has 0 bridgehead atoms. The third-order valence-corrected chi connectivity index (χ3v) is 3.02. The first-order valence-corrected chi connectivity index (χ1v) is 5.45. The first-order chi connectivity index (χ1) is 8.13. The van der Waals surface area contributed by atoms with Crippen LogP contribution in [0.3, 0.4) is 0 Å². The summed E-state index contributed by atoms with van der Waals surface area (Å²) < 4.78 is 5.25. The van der Waals surface area contributed by atoms with E-state index in [0.29, 0.717) is 12.2 Å². The largest absolute Gasteiger partial charge is 0.508 e. The van der Waals surface area contributed by atoms with Gasteiger partial charge >= 0.3 is 0 Å². The second-order valence-corrected chi connectivity index (χ2v) is 4.25. The number of aromatic hydroxyl groups is 1. The molecule has 3 N–H and O–H groups in total. The average molecular weight is 230 g/mol. The summed E-state index contributed by atoms with van der Waals surface area (Å²) >= 11 is 0. The molecule has 0 spiro atoms. The summed E-state index contributed by atoms with van der Waals surface area (Å²) in [6.07, 6.45) is 0. The molecule has 0 amide bonds. The number of phenols is 1. The maximum absolute atomic E-state index is 9.27. The first kappa shape index (κ1) is 11.3. The first-order valence-electron chi connectivity index (χ1n) is 5.45. The van der Waals surface area contributed by atoms with Gasteiger partial charge in [-0.25, -0.2) is 0 Å². The van der Waals surface area contributed by atoms with Crippen LogP contribution in [0.2, 0.25) is 0 Å². The summed E-state index contributed by atoms with van der Waals surface area (Å²) in [6, 6.07) is 8.97. The van der Waals surface area contributed by atoms with Crippen molar-refractivity contribution in [3.05, 3.63) is 41.3 Å². The van der Waals surface area contributed by atoms with Crippen LogP contribution in [0.25, 0.3) is 0 Å². The number of phenolic OH excluding ortho intramolecular Hbond substituents is 1. The second-order valence-electron chi connectivity index (χ2n) is 4.25.